The molecule has 0 fully saturated rings. The highest BCUT2D eigenvalue weighted by atomic mass is 14.6. The molecule has 6 aromatic rings. The molecule has 266 valence electrons. The number of rotatable bonds is 12. The molecule has 6 aromatic carbocycles. The Hall–Kier alpha value is -6.18. The average molecular weight is 700 g/mol. The highest BCUT2D eigenvalue weighted by molar-refractivity contribution is 5.89. The van der Waals surface area contributed by atoms with E-state index in [1.165, 1.54) is 55.6 Å². The molecule has 1 nitrogen and oxygen atoms in total. The van der Waals surface area contributed by atoms with Gasteiger partial charge in [-0.3, -0.25) is 0 Å². The van der Waals surface area contributed by atoms with Crippen molar-refractivity contribution in [3.05, 3.63) is 257 Å². The van der Waals surface area contributed by atoms with Crippen LogP contribution in [0.5, 0.6) is 0 Å². The average Bonchev–Trinajstić information content (AvgIpc) is 3.52. The van der Waals surface area contributed by atoms with Gasteiger partial charge in [0.2, 0.25) is 0 Å². The first-order valence-electron chi connectivity index (χ1n) is 19.1. The van der Waals surface area contributed by atoms with E-state index in [2.05, 4.69) is 209 Å². The smallest absolute Gasteiger partial charge is 0.0713 e. The Balaban J connectivity index is 1.36. The minimum atomic E-state index is -0.466. The van der Waals surface area contributed by atoms with Crippen LogP contribution in [-0.2, 0) is 11.8 Å². The molecule has 1 unspecified atom stereocenters. The van der Waals surface area contributed by atoms with E-state index < -0.39 is 5.41 Å². The normalized spacial score (nSPS) is 14.6. The van der Waals surface area contributed by atoms with Gasteiger partial charge in [0.15, 0.2) is 0 Å². The largest absolute Gasteiger partial charge is 0.399 e. The molecule has 2 N–H and O–H groups in total. The summed E-state index contributed by atoms with van der Waals surface area (Å²) >= 11 is 0. The van der Waals surface area contributed by atoms with Gasteiger partial charge in [0.25, 0.3) is 0 Å². The lowest BCUT2D eigenvalue weighted by Crippen LogP contribution is -2.28. The van der Waals surface area contributed by atoms with Gasteiger partial charge in [0, 0.05) is 11.6 Å². The quantitative estimate of drug-likeness (QED) is 0.126. The molecule has 0 saturated carbocycles. The van der Waals surface area contributed by atoms with Crippen molar-refractivity contribution in [3.63, 3.8) is 0 Å². The summed E-state index contributed by atoms with van der Waals surface area (Å²) in [6.07, 6.45) is 13.7. The maximum atomic E-state index is 6.98. The lowest BCUT2D eigenvalue weighted by atomic mass is 9.67. The standard InChI is InChI=1S/C53H49N/c1-5-19-41(42-21-9-6-10-22-42)23-17-20-40-32-34-43(35-33-40)48(37-51(54)39(4)36-38(2)3)46-29-18-31-50-52(46)47-28-15-16-30-49(47)53(50,44-24-11-7-12-25-44)45-26-13-8-14-27-45/h5-19,21-38,48H,1,20,54H2,2-4H3/b23-17-,39-36+,41-19+,51-37-. The number of fused-ring (bicyclic) bond motifs is 3. The third kappa shape index (κ3) is 7.10. The highest BCUT2D eigenvalue weighted by Gasteiger charge is 2.47. The first-order valence-corrected chi connectivity index (χ1v) is 19.1. The van der Waals surface area contributed by atoms with Crippen molar-refractivity contribution in [3.8, 4) is 11.1 Å². The number of hydrogen-bond acceptors (Lipinski definition) is 1. The van der Waals surface area contributed by atoms with Crippen LogP contribution in [0.4, 0.5) is 0 Å². The van der Waals surface area contributed by atoms with E-state index in [-0.39, 0.29) is 5.92 Å². The molecule has 0 bridgehead atoms. The fraction of sp³-hybridized carbons (Fsp3) is 0.132. The van der Waals surface area contributed by atoms with Gasteiger partial charge >= 0.3 is 0 Å². The van der Waals surface area contributed by atoms with Crippen molar-refractivity contribution in [2.75, 3.05) is 0 Å². The van der Waals surface area contributed by atoms with Gasteiger partial charge in [-0.15, -0.1) is 0 Å². The lowest BCUT2D eigenvalue weighted by molar-refractivity contribution is 0.767. The molecule has 7 rings (SSSR count). The second kappa shape index (κ2) is 16.2. The zero-order valence-electron chi connectivity index (χ0n) is 31.6. The van der Waals surface area contributed by atoms with Crippen LogP contribution in [0, 0.1) is 5.92 Å². The van der Waals surface area contributed by atoms with Crippen LogP contribution in [0.15, 0.2) is 212 Å². The molecule has 1 aliphatic rings. The first kappa shape index (κ1) is 36.2. The first-order chi connectivity index (χ1) is 26.4. The molecule has 54 heavy (non-hydrogen) atoms. The monoisotopic (exact) mass is 699 g/mol. The van der Waals surface area contributed by atoms with Crippen molar-refractivity contribution in [2.45, 2.75) is 38.5 Å². The number of hydrogen-bond donors (Lipinski definition) is 1. The predicted octanol–water partition coefficient (Wildman–Crippen LogP) is 13.0. The van der Waals surface area contributed by atoms with Gasteiger partial charge in [-0.1, -0.05) is 209 Å². The summed E-state index contributed by atoms with van der Waals surface area (Å²) in [6.45, 7) is 10.5. The Bertz CT molecular complexity index is 2300. The van der Waals surface area contributed by atoms with Gasteiger partial charge in [-0.2, -0.15) is 0 Å². The van der Waals surface area contributed by atoms with Crippen LogP contribution in [0.2, 0.25) is 0 Å². The fourth-order valence-corrected chi connectivity index (χ4v) is 8.24. The minimum Gasteiger partial charge on any atom is -0.399 e. The second-order valence-corrected chi connectivity index (χ2v) is 14.6. The molecule has 0 heterocycles. The third-order valence-electron chi connectivity index (χ3n) is 10.6. The zero-order valence-corrected chi connectivity index (χ0v) is 31.6. The maximum absolute atomic E-state index is 6.98. The molecule has 1 atom stereocenters. The van der Waals surface area contributed by atoms with Gasteiger partial charge in [-0.25, -0.2) is 0 Å². The molecule has 0 aromatic heterocycles. The van der Waals surface area contributed by atoms with Crippen molar-refractivity contribution >= 4 is 5.57 Å². The van der Waals surface area contributed by atoms with Crippen LogP contribution < -0.4 is 5.73 Å². The third-order valence-corrected chi connectivity index (χ3v) is 10.6. The van der Waals surface area contributed by atoms with Crippen molar-refractivity contribution in [2.24, 2.45) is 11.7 Å². The molecule has 0 spiro atoms. The Kier molecular flexibility index (Phi) is 10.9. The molecule has 1 heteroatoms. The minimum absolute atomic E-state index is 0.0735. The van der Waals surface area contributed by atoms with Crippen molar-refractivity contribution in [1.82, 2.24) is 0 Å². The van der Waals surface area contributed by atoms with Gasteiger partial charge in [0.05, 0.1) is 5.41 Å². The summed E-state index contributed by atoms with van der Waals surface area (Å²) in [4.78, 5) is 0. The van der Waals surface area contributed by atoms with E-state index in [9.17, 15) is 0 Å². The Labute approximate surface area is 322 Å². The molecule has 0 amide bonds. The predicted molar refractivity (Wildman–Crippen MR) is 230 cm³/mol. The Morgan fingerprint density at radius 2 is 1.26 bits per heavy atom. The van der Waals surface area contributed by atoms with Gasteiger partial charge in [0.1, 0.15) is 0 Å². The van der Waals surface area contributed by atoms with E-state index in [4.69, 9.17) is 5.73 Å². The van der Waals surface area contributed by atoms with E-state index in [0.29, 0.717) is 5.92 Å². The molecular weight excluding hydrogens is 651 g/mol. The maximum Gasteiger partial charge on any atom is 0.0713 e. The van der Waals surface area contributed by atoms with E-state index >= 15 is 0 Å². The molecule has 0 aliphatic heterocycles. The molecule has 0 saturated heterocycles. The van der Waals surface area contributed by atoms with E-state index in [1.807, 2.05) is 12.1 Å². The van der Waals surface area contributed by atoms with Crippen LogP contribution >= 0.6 is 0 Å². The zero-order chi connectivity index (χ0) is 37.5. The summed E-state index contributed by atoms with van der Waals surface area (Å²) in [5, 5.41) is 0. The van der Waals surface area contributed by atoms with Crippen molar-refractivity contribution in [1.29, 1.82) is 0 Å². The number of benzene rings is 6. The summed E-state index contributed by atoms with van der Waals surface area (Å²) in [7, 11) is 0. The SMILES string of the molecule is C=C/C=C(\C=C/Cc1ccc(C(/C=C(N)/C(C)=C/C(C)C)c2cccc3c2-c2ccccc2C3(c2ccccc2)c2ccccc2)cc1)c1ccccc1. The van der Waals surface area contributed by atoms with Crippen LogP contribution in [0.3, 0.4) is 0 Å². The fourth-order valence-electron chi connectivity index (χ4n) is 8.24. The Morgan fingerprint density at radius 3 is 1.89 bits per heavy atom. The van der Waals surface area contributed by atoms with Crippen LogP contribution in [0.25, 0.3) is 16.7 Å². The number of allylic oxidation sites excluding steroid dienone is 8. The summed E-state index contributed by atoms with van der Waals surface area (Å²) in [6, 6.07) is 57.4. The van der Waals surface area contributed by atoms with Gasteiger partial charge < -0.3 is 5.73 Å². The lowest BCUT2D eigenvalue weighted by Gasteiger charge is -2.34. The second-order valence-electron chi connectivity index (χ2n) is 14.6. The molecule has 1 aliphatic carbocycles. The summed E-state index contributed by atoms with van der Waals surface area (Å²) < 4.78 is 0. The van der Waals surface area contributed by atoms with Gasteiger partial charge in [-0.05, 0) is 92.1 Å². The van der Waals surface area contributed by atoms with Crippen molar-refractivity contribution < 1.29 is 0 Å². The highest BCUT2D eigenvalue weighted by Crippen LogP contribution is 2.58. The van der Waals surface area contributed by atoms with Crippen LogP contribution in [0.1, 0.15) is 71.2 Å². The Morgan fingerprint density at radius 1 is 0.667 bits per heavy atom. The number of nitrogens with two attached hydrogens (primary N) is 1. The van der Waals surface area contributed by atoms with E-state index in [1.54, 1.807) is 0 Å². The summed E-state index contributed by atoms with van der Waals surface area (Å²) in [5.74, 6) is 0.326. The summed E-state index contributed by atoms with van der Waals surface area (Å²) in [5.41, 5.74) is 22.2. The van der Waals surface area contributed by atoms with Crippen LogP contribution in [-0.4, -0.2) is 0 Å². The molecular formula is C53H49N. The molecule has 0 radical (unpaired) electrons. The topological polar surface area (TPSA) is 26.0 Å². The van der Waals surface area contributed by atoms with E-state index in [0.717, 1.165) is 23.3 Å².